The number of halogens is 3. The first kappa shape index (κ1) is 13.4. The standard InChI is InChI=1S/C12H15BrF2O/c1-12(2,3)8-4-5-10(9(13)6-8)16-7-11(14)15/h4-6,11H,7H2,1-3H3. The van der Waals surface area contributed by atoms with E-state index in [0.717, 1.165) is 5.56 Å². The van der Waals surface area contributed by atoms with Crippen molar-refractivity contribution in [1.82, 2.24) is 0 Å². The van der Waals surface area contributed by atoms with Crippen LogP contribution in [0.4, 0.5) is 8.78 Å². The van der Waals surface area contributed by atoms with Gasteiger partial charge in [0.1, 0.15) is 12.4 Å². The number of hydrogen-bond acceptors (Lipinski definition) is 1. The number of benzene rings is 1. The Morgan fingerprint density at radius 3 is 2.38 bits per heavy atom. The molecule has 0 spiro atoms. The van der Waals surface area contributed by atoms with Crippen molar-refractivity contribution in [2.45, 2.75) is 32.6 Å². The fraction of sp³-hybridized carbons (Fsp3) is 0.500. The average Bonchev–Trinajstić information content (AvgIpc) is 2.14. The SMILES string of the molecule is CC(C)(C)c1ccc(OCC(F)F)c(Br)c1. The lowest BCUT2D eigenvalue weighted by Crippen LogP contribution is -2.12. The molecule has 0 amide bonds. The van der Waals surface area contributed by atoms with Crippen LogP contribution in [0.15, 0.2) is 22.7 Å². The first-order chi connectivity index (χ1) is 7.30. The van der Waals surface area contributed by atoms with Crippen LogP contribution in [0, 0.1) is 0 Å². The van der Waals surface area contributed by atoms with Crippen molar-refractivity contribution in [3.63, 3.8) is 0 Å². The van der Waals surface area contributed by atoms with Gasteiger partial charge in [-0.2, -0.15) is 0 Å². The molecule has 0 saturated heterocycles. The number of alkyl halides is 2. The van der Waals surface area contributed by atoms with Crippen LogP contribution in [0.3, 0.4) is 0 Å². The van der Waals surface area contributed by atoms with E-state index in [2.05, 4.69) is 36.7 Å². The van der Waals surface area contributed by atoms with E-state index in [1.54, 1.807) is 6.07 Å². The second kappa shape index (κ2) is 5.13. The van der Waals surface area contributed by atoms with Gasteiger partial charge in [-0.05, 0) is 39.0 Å². The van der Waals surface area contributed by atoms with Crippen molar-refractivity contribution < 1.29 is 13.5 Å². The fourth-order valence-corrected chi connectivity index (χ4v) is 1.73. The number of hydrogen-bond donors (Lipinski definition) is 0. The lowest BCUT2D eigenvalue weighted by atomic mass is 9.87. The maximum atomic E-state index is 12.0. The van der Waals surface area contributed by atoms with E-state index < -0.39 is 13.0 Å². The summed E-state index contributed by atoms with van der Waals surface area (Å²) in [6.07, 6.45) is -2.45. The lowest BCUT2D eigenvalue weighted by molar-refractivity contribution is 0.0815. The van der Waals surface area contributed by atoms with Crippen molar-refractivity contribution in [3.05, 3.63) is 28.2 Å². The van der Waals surface area contributed by atoms with E-state index in [9.17, 15) is 8.78 Å². The van der Waals surface area contributed by atoms with E-state index in [1.807, 2.05) is 12.1 Å². The first-order valence-electron chi connectivity index (χ1n) is 5.01. The van der Waals surface area contributed by atoms with Crippen molar-refractivity contribution in [3.8, 4) is 5.75 Å². The Morgan fingerprint density at radius 2 is 1.94 bits per heavy atom. The van der Waals surface area contributed by atoms with E-state index in [4.69, 9.17) is 4.74 Å². The van der Waals surface area contributed by atoms with Crippen LogP contribution >= 0.6 is 15.9 Å². The molecule has 4 heteroatoms. The molecule has 0 heterocycles. The predicted octanol–water partition coefficient (Wildman–Crippen LogP) is 4.39. The minimum atomic E-state index is -2.45. The zero-order valence-corrected chi connectivity index (χ0v) is 11.1. The third-order valence-corrected chi connectivity index (χ3v) is 2.78. The summed E-state index contributed by atoms with van der Waals surface area (Å²) >= 11 is 3.32. The fourth-order valence-electron chi connectivity index (χ4n) is 1.24. The molecular formula is C12H15BrF2O. The maximum Gasteiger partial charge on any atom is 0.272 e. The Kier molecular flexibility index (Phi) is 4.30. The largest absolute Gasteiger partial charge is 0.486 e. The van der Waals surface area contributed by atoms with Crippen LogP contribution in [-0.4, -0.2) is 13.0 Å². The van der Waals surface area contributed by atoms with E-state index >= 15 is 0 Å². The molecule has 0 aromatic heterocycles. The van der Waals surface area contributed by atoms with Crippen LogP contribution in [-0.2, 0) is 5.41 Å². The summed E-state index contributed by atoms with van der Waals surface area (Å²) < 4.78 is 29.6. The van der Waals surface area contributed by atoms with Gasteiger partial charge in [-0.1, -0.05) is 26.8 Å². The van der Waals surface area contributed by atoms with Gasteiger partial charge >= 0.3 is 0 Å². The van der Waals surface area contributed by atoms with Gasteiger partial charge in [-0.25, -0.2) is 8.78 Å². The Labute approximate surface area is 103 Å². The number of ether oxygens (including phenoxy) is 1. The van der Waals surface area contributed by atoms with Crippen molar-refractivity contribution in [1.29, 1.82) is 0 Å². The smallest absolute Gasteiger partial charge is 0.272 e. The second-order valence-electron chi connectivity index (χ2n) is 4.60. The molecule has 16 heavy (non-hydrogen) atoms. The molecule has 0 bridgehead atoms. The third-order valence-electron chi connectivity index (χ3n) is 2.16. The Hall–Kier alpha value is -0.640. The van der Waals surface area contributed by atoms with E-state index in [0.29, 0.717) is 10.2 Å². The molecule has 0 radical (unpaired) electrons. The molecule has 0 unspecified atom stereocenters. The normalized spacial score (nSPS) is 11.9. The van der Waals surface area contributed by atoms with Crippen LogP contribution in [0.25, 0.3) is 0 Å². The Bertz CT molecular complexity index is 359. The molecule has 0 saturated carbocycles. The molecule has 1 nitrogen and oxygen atoms in total. The van der Waals surface area contributed by atoms with Crippen molar-refractivity contribution >= 4 is 15.9 Å². The Balaban J connectivity index is 2.84. The molecule has 1 aromatic carbocycles. The molecule has 90 valence electrons. The maximum absolute atomic E-state index is 12.0. The van der Waals surface area contributed by atoms with Gasteiger partial charge in [0.15, 0.2) is 0 Å². The molecule has 1 rings (SSSR count). The molecule has 0 aliphatic heterocycles. The molecule has 0 atom stereocenters. The van der Waals surface area contributed by atoms with Gasteiger partial charge < -0.3 is 4.74 Å². The minimum absolute atomic E-state index is 0.0315. The van der Waals surface area contributed by atoms with E-state index in [-0.39, 0.29) is 5.41 Å². The summed E-state index contributed by atoms with van der Waals surface area (Å²) in [4.78, 5) is 0. The zero-order valence-electron chi connectivity index (χ0n) is 9.56. The molecule has 0 aliphatic carbocycles. The average molecular weight is 293 g/mol. The van der Waals surface area contributed by atoms with Crippen LogP contribution in [0.1, 0.15) is 26.3 Å². The lowest BCUT2D eigenvalue weighted by Gasteiger charge is -2.20. The van der Waals surface area contributed by atoms with Crippen LogP contribution < -0.4 is 4.74 Å². The highest BCUT2D eigenvalue weighted by atomic mass is 79.9. The second-order valence-corrected chi connectivity index (χ2v) is 5.45. The molecular weight excluding hydrogens is 278 g/mol. The first-order valence-corrected chi connectivity index (χ1v) is 5.81. The minimum Gasteiger partial charge on any atom is -0.486 e. The van der Waals surface area contributed by atoms with E-state index in [1.165, 1.54) is 0 Å². The molecule has 1 aromatic rings. The quantitative estimate of drug-likeness (QED) is 0.803. The topological polar surface area (TPSA) is 9.23 Å². The summed E-state index contributed by atoms with van der Waals surface area (Å²) in [6.45, 7) is 5.70. The van der Waals surface area contributed by atoms with Gasteiger partial charge in [0.05, 0.1) is 4.47 Å². The Morgan fingerprint density at radius 1 is 1.31 bits per heavy atom. The van der Waals surface area contributed by atoms with Gasteiger partial charge in [0, 0.05) is 0 Å². The monoisotopic (exact) mass is 292 g/mol. The summed E-state index contributed by atoms with van der Waals surface area (Å²) in [6, 6.07) is 5.51. The van der Waals surface area contributed by atoms with Crippen LogP contribution in [0.5, 0.6) is 5.75 Å². The van der Waals surface area contributed by atoms with Gasteiger partial charge in [0.2, 0.25) is 0 Å². The molecule has 0 fully saturated rings. The third kappa shape index (κ3) is 3.74. The van der Waals surface area contributed by atoms with Crippen LogP contribution in [0.2, 0.25) is 0 Å². The van der Waals surface area contributed by atoms with Gasteiger partial charge in [-0.3, -0.25) is 0 Å². The highest BCUT2D eigenvalue weighted by molar-refractivity contribution is 9.10. The summed E-state index contributed by atoms with van der Waals surface area (Å²) in [7, 11) is 0. The van der Waals surface area contributed by atoms with Crippen molar-refractivity contribution in [2.75, 3.05) is 6.61 Å². The summed E-state index contributed by atoms with van der Waals surface area (Å²) in [5, 5.41) is 0. The molecule has 0 aliphatic rings. The highest BCUT2D eigenvalue weighted by Crippen LogP contribution is 2.31. The van der Waals surface area contributed by atoms with Gasteiger partial charge in [0.25, 0.3) is 6.43 Å². The zero-order chi connectivity index (χ0) is 12.3. The van der Waals surface area contributed by atoms with Crippen molar-refractivity contribution in [2.24, 2.45) is 0 Å². The summed E-state index contributed by atoms with van der Waals surface area (Å²) in [5.74, 6) is 0.452. The highest BCUT2D eigenvalue weighted by Gasteiger charge is 2.15. The summed E-state index contributed by atoms with van der Waals surface area (Å²) in [5.41, 5.74) is 1.16. The predicted molar refractivity (Wildman–Crippen MR) is 64.3 cm³/mol. The number of rotatable bonds is 3. The molecule has 0 N–H and O–H groups in total. The van der Waals surface area contributed by atoms with Gasteiger partial charge in [-0.15, -0.1) is 0 Å².